The number of hydrogen-bond acceptors (Lipinski definition) is 3. The molecule has 0 aromatic heterocycles. The van der Waals surface area contributed by atoms with Gasteiger partial charge in [-0.2, -0.15) is 0 Å². The van der Waals surface area contributed by atoms with Crippen molar-refractivity contribution < 1.29 is 4.79 Å². The summed E-state index contributed by atoms with van der Waals surface area (Å²) in [4.78, 5) is 17.4. The van der Waals surface area contributed by atoms with Crippen molar-refractivity contribution >= 4 is 5.91 Å². The van der Waals surface area contributed by atoms with Crippen LogP contribution in [0.2, 0.25) is 0 Å². The standard InChI is InChI=1S/C17H33N3O/c1-12(2)10-15-17(21)20(16(18-15)13(3)4)11-14(5)19-8-6-7-9-19/h12-16,18H,6-11H2,1-5H3. The SMILES string of the molecule is CC(C)CC1NC(C(C)C)N(CC(C)N2CCCC2)C1=O. The summed E-state index contributed by atoms with van der Waals surface area (Å²) in [5.74, 6) is 1.32. The van der Waals surface area contributed by atoms with E-state index in [-0.39, 0.29) is 12.2 Å². The number of carbonyl (C=O) groups excluding carboxylic acids is 1. The molecule has 2 heterocycles. The van der Waals surface area contributed by atoms with Gasteiger partial charge < -0.3 is 4.90 Å². The molecule has 2 aliphatic rings. The highest BCUT2D eigenvalue weighted by Crippen LogP contribution is 2.23. The molecule has 2 saturated heterocycles. The molecule has 1 N–H and O–H groups in total. The molecule has 122 valence electrons. The van der Waals surface area contributed by atoms with E-state index in [1.807, 2.05) is 0 Å². The maximum atomic E-state index is 12.8. The number of nitrogens with one attached hydrogen (secondary N) is 1. The summed E-state index contributed by atoms with van der Waals surface area (Å²) in [6.07, 6.45) is 3.75. The molecule has 0 aromatic carbocycles. The molecule has 0 aromatic rings. The van der Waals surface area contributed by atoms with E-state index in [0.29, 0.717) is 23.8 Å². The monoisotopic (exact) mass is 295 g/mol. The molecule has 0 saturated carbocycles. The smallest absolute Gasteiger partial charge is 0.241 e. The molecule has 2 fully saturated rings. The van der Waals surface area contributed by atoms with Gasteiger partial charge in [0.1, 0.15) is 0 Å². The minimum atomic E-state index is 0.0168. The van der Waals surface area contributed by atoms with Crippen molar-refractivity contribution in [2.45, 2.75) is 72.1 Å². The zero-order chi connectivity index (χ0) is 15.6. The molecule has 3 atom stereocenters. The fourth-order valence-electron chi connectivity index (χ4n) is 3.68. The Balaban J connectivity index is 2.01. The van der Waals surface area contributed by atoms with E-state index in [1.54, 1.807) is 0 Å². The topological polar surface area (TPSA) is 35.6 Å². The first-order valence-corrected chi connectivity index (χ1v) is 8.70. The first-order chi connectivity index (χ1) is 9.90. The van der Waals surface area contributed by atoms with Crippen LogP contribution in [0.4, 0.5) is 0 Å². The fourth-order valence-corrected chi connectivity index (χ4v) is 3.68. The summed E-state index contributed by atoms with van der Waals surface area (Å²) >= 11 is 0. The molecule has 1 amide bonds. The third kappa shape index (κ3) is 3.98. The second kappa shape index (κ2) is 7.10. The molecule has 21 heavy (non-hydrogen) atoms. The van der Waals surface area contributed by atoms with Crippen molar-refractivity contribution in [1.82, 2.24) is 15.1 Å². The summed E-state index contributed by atoms with van der Waals surface area (Å²) < 4.78 is 0. The van der Waals surface area contributed by atoms with Crippen LogP contribution in [0.15, 0.2) is 0 Å². The first kappa shape index (κ1) is 16.8. The van der Waals surface area contributed by atoms with Gasteiger partial charge in [-0.1, -0.05) is 27.7 Å². The molecule has 2 rings (SSSR count). The molecular formula is C17H33N3O. The number of amides is 1. The lowest BCUT2D eigenvalue weighted by atomic mass is 10.0. The highest BCUT2D eigenvalue weighted by atomic mass is 16.2. The molecule has 4 nitrogen and oxygen atoms in total. The summed E-state index contributed by atoms with van der Waals surface area (Å²) in [7, 11) is 0. The van der Waals surface area contributed by atoms with Crippen molar-refractivity contribution in [3.8, 4) is 0 Å². The molecule has 3 unspecified atom stereocenters. The summed E-state index contributed by atoms with van der Waals surface area (Å²) in [5.41, 5.74) is 0. The maximum Gasteiger partial charge on any atom is 0.241 e. The van der Waals surface area contributed by atoms with Gasteiger partial charge in [-0.15, -0.1) is 0 Å². The number of hydrogen-bond donors (Lipinski definition) is 1. The van der Waals surface area contributed by atoms with Gasteiger partial charge in [0.2, 0.25) is 5.91 Å². The molecule has 0 spiro atoms. The van der Waals surface area contributed by atoms with Crippen LogP contribution in [-0.4, -0.2) is 53.6 Å². The van der Waals surface area contributed by atoms with Crippen molar-refractivity contribution in [2.24, 2.45) is 11.8 Å². The van der Waals surface area contributed by atoms with Gasteiger partial charge in [0.15, 0.2) is 0 Å². The van der Waals surface area contributed by atoms with Crippen LogP contribution in [0.5, 0.6) is 0 Å². The Morgan fingerprint density at radius 3 is 2.29 bits per heavy atom. The third-order valence-electron chi connectivity index (χ3n) is 4.85. The Kier molecular flexibility index (Phi) is 5.67. The Morgan fingerprint density at radius 2 is 1.76 bits per heavy atom. The van der Waals surface area contributed by atoms with Crippen molar-refractivity contribution in [1.29, 1.82) is 0 Å². The lowest BCUT2D eigenvalue weighted by molar-refractivity contribution is -0.131. The summed E-state index contributed by atoms with van der Waals surface area (Å²) in [5, 5.41) is 3.58. The van der Waals surface area contributed by atoms with Crippen LogP contribution in [0.3, 0.4) is 0 Å². The number of rotatable bonds is 6. The Morgan fingerprint density at radius 1 is 1.14 bits per heavy atom. The quantitative estimate of drug-likeness (QED) is 0.817. The van der Waals surface area contributed by atoms with Gasteiger partial charge >= 0.3 is 0 Å². The fraction of sp³-hybridized carbons (Fsp3) is 0.941. The first-order valence-electron chi connectivity index (χ1n) is 8.70. The van der Waals surface area contributed by atoms with Gasteiger partial charge in [-0.05, 0) is 51.1 Å². The molecule has 0 radical (unpaired) electrons. The van der Waals surface area contributed by atoms with Crippen LogP contribution in [-0.2, 0) is 4.79 Å². The maximum absolute atomic E-state index is 12.8. The van der Waals surface area contributed by atoms with E-state index >= 15 is 0 Å². The average Bonchev–Trinajstić information content (AvgIpc) is 3.01. The Hall–Kier alpha value is -0.610. The van der Waals surface area contributed by atoms with Gasteiger partial charge in [-0.3, -0.25) is 15.0 Å². The number of nitrogens with zero attached hydrogens (tertiary/aromatic N) is 2. The lowest BCUT2D eigenvalue weighted by Crippen LogP contribution is -2.48. The normalized spacial score (nSPS) is 29.1. The molecule has 4 heteroatoms. The van der Waals surface area contributed by atoms with E-state index in [0.717, 1.165) is 13.0 Å². The van der Waals surface area contributed by atoms with Crippen LogP contribution in [0.25, 0.3) is 0 Å². The van der Waals surface area contributed by atoms with E-state index in [1.165, 1.54) is 25.9 Å². The molecule has 0 bridgehead atoms. The third-order valence-corrected chi connectivity index (χ3v) is 4.85. The summed E-state index contributed by atoms with van der Waals surface area (Å²) in [6.45, 7) is 14.3. The van der Waals surface area contributed by atoms with Gasteiger partial charge in [0.25, 0.3) is 0 Å². The molecular weight excluding hydrogens is 262 g/mol. The predicted molar refractivity (Wildman–Crippen MR) is 87.0 cm³/mol. The second-order valence-corrected chi connectivity index (χ2v) is 7.62. The predicted octanol–water partition coefficient (Wildman–Crippen LogP) is 2.30. The highest BCUT2D eigenvalue weighted by Gasteiger charge is 2.41. The van der Waals surface area contributed by atoms with Crippen LogP contribution >= 0.6 is 0 Å². The van der Waals surface area contributed by atoms with Crippen LogP contribution in [0, 0.1) is 11.8 Å². The minimum Gasteiger partial charge on any atom is -0.324 e. The van der Waals surface area contributed by atoms with Gasteiger partial charge in [0, 0.05) is 12.6 Å². The van der Waals surface area contributed by atoms with E-state index < -0.39 is 0 Å². The zero-order valence-electron chi connectivity index (χ0n) is 14.4. The Labute approximate surface area is 130 Å². The lowest BCUT2D eigenvalue weighted by Gasteiger charge is -2.33. The van der Waals surface area contributed by atoms with Crippen LogP contribution < -0.4 is 5.32 Å². The van der Waals surface area contributed by atoms with E-state index in [4.69, 9.17) is 0 Å². The molecule has 0 aliphatic carbocycles. The van der Waals surface area contributed by atoms with Crippen LogP contribution in [0.1, 0.15) is 53.9 Å². The Bertz CT molecular complexity index is 350. The number of carbonyl (C=O) groups is 1. The highest BCUT2D eigenvalue weighted by molar-refractivity contribution is 5.84. The number of likely N-dealkylation sites (tertiary alicyclic amines) is 1. The second-order valence-electron chi connectivity index (χ2n) is 7.62. The van der Waals surface area contributed by atoms with Gasteiger partial charge in [0.05, 0.1) is 12.2 Å². The van der Waals surface area contributed by atoms with E-state index in [9.17, 15) is 4.79 Å². The van der Waals surface area contributed by atoms with E-state index in [2.05, 4.69) is 49.7 Å². The van der Waals surface area contributed by atoms with Crippen molar-refractivity contribution in [3.63, 3.8) is 0 Å². The molecule has 2 aliphatic heterocycles. The van der Waals surface area contributed by atoms with Gasteiger partial charge in [-0.25, -0.2) is 0 Å². The average molecular weight is 295 g/mol. The van der Waals surface area contributed by atoms with Crippen molar-refractivity contribution in [2.75, 3.05) is 19.6 Å². The zero-order valence-corrected chi connectivity index (χ0v) is 14.4. The van der Waals surface area contributed by atoms with Crippen molar-refractivity contribution in [3.05, 3.63) is 0 Å². The summed E-state index contributed by atoms with van der Waals surface area (Å²) in [6, 6.07) is 0.487. The minimum absolute atomic E-state index is 0.0168. The largest absolute Gasteiger partial charge is 0.324 e.